The second-order valence-corrected chi connectivity index (χ2v) is 5.98. The molecular weight excluding hydrogens is 256 g/mol. The fraction of sp³-hybridized carbons (Fsp3) is 0.562. The van der Waals surface area contributed by atoms with Crippen molar-refractivity contribution in [2.75, 3.05) is 0 Å². The van der Waals surface area contributed by atoms with Gasteiger partial charge in [0.1, 0.15) is 5.82 Å². The van der Waals surface area contributed by atoms with E-state index in [1.807, 2.05) is 0 Å². The standard InChI is InChI=1S/C16H21ClN2/c1-3-13(9-12-7-8-12)19-15(10-17)18-14-6-4-5-11(2)16(14)19/h4-6,12-13H,3,7-10H2,1-2H3. The summed E-state index contributed by atoms with van der Waals surface area (Å²) in [6, 6.07) is 6.89. The molecule has 2 nitrogen and oxygen atoms in total. The molecule has 1 heterocycles. The average Bonchev–Trinajstić information content (AvgIpc) is 3.15. The summed E-state index contributed by atoms with van der Waals surface area (Å²) in [7, 11) is 0. The first kappa shape index (κ1) is 13.0. The van der Waals surface area contributed by atoms with E-state index >= 15 is 0 Å². The van der Waals surface area contributed by atoms with Crippen LogP contribution in [0.2, 0.25) is 0 Å². The predicted octanol–water partition coefficient (Wildman–Crippen LogP) is 4.83. The fourth-order valence-electron chi connectivity index (χ4n) is 3.05. The Morgan fingerprint density at radius 2 is 2.21 bits per heavy atom. The lowest BCUT2D eigenvalue weighted by atomic mass is 10.1. The second kappa shape index (κ2) is 5.16. The van der Waals surface area contributed by atoms with Crippen molar-refractivity contribution in [2.24, 2.45) is 5.92 Å². The van der Waals surface area contributed by atoms with Crippen molar-refractivity contribution in [3.63, 3.8) is 0 Å². The topological polar surface area (TPSA) is 17.8 Å². The van der Waals surface area contributed by atoms with Crippen LogP contribution in [-0.4, -0.2) is 9.55 Å². The zero-order valence-electron chi connectivity index (χ0n) is 11.7. The number of rotatable bonds is 5. The normalized spacial score (nSPS) is 17.0. The number of benzene rings is 1. The first-order valence-electron chi connectivity index (χ1n) is 7.27. The largest absolute Gasteiger partial charge is 0.324 e. The predicted molar refractivity (Wildman–Crippen MR) is 80.7 cm³/mol. The van der Waals surface area contributed by atoms with Crippen molar-refractivity contribution in [3.8, 4) is 0 Å². The molecular formula is C16H21ClN2. The van der Waals surface area contributed by atoms with E-state index in [0.717, 1.165) is 23.7 Å². The van der Waals surface area contributed by atoms with Crippen LogP contribution in [0.1, 0.15) is 50.0 Å². The maximum Gasteiger partial charge on any atom is 0.125 e. The van der Waals surface area contributed by atoms with Gasteiger partial charge in [-0.1, -0.05) is 31.9 Å². The number of aromatic nitrogens is 2. The Labute approximate surface area is 119 Å². The zero-order chi connectivity index (χ0) is 13.4. The summed E-state index contributed by atoms with van der Waals surface area (Å²) >= 11 is 6.13. The van der Waals surface area contributed by atoms with Crippen molar-refractivity contribution in [2.45, 2.75) is 51.5 Å². The number of nitrogens with zero attached hydrogens (tertiary/aromatic N) is 2. The van der Waals surface area contributed by atoms with Crippen molar-refractivity contribution in [1.82, 2.24) is 9.55 Å². The summed E-state index contributed by atoms with van der Waals surface area (Å²) in [4.78, 5) is 4.72. The highest BCUT2D eigenvalue weighted by Crippen LogP contribution is 2.39. The van der Waals surface area contributed by atoms with E-state index in [9.17, 15) is 0 Å². The molecule has 0 N–H and O–H groups in total. The highest BCUT2D eigenvalue weighted by atomic mass is 35.5. The van der Waals surface area contributed by atoms with Crippen LogP contribution in [0.15, 0.2) is 18.2 Å². The zero-order valence-corrected chi connectivity index (χ0v) is 12.5. The molecule has 1 aliphatic rings. The van der Waals surface area contributed by atoms with Gasteiger partial charge in [0, 0.05) is 6.04 Å². The second-order valence-electron chi connectivity index (χ2n) is 5.72. The highest BCUT2D eigenvalue weighted by Gasteiger charge is 2.27. The summed E-state index contributed by atoms with van der Waals surface area (Å²) in [5, 5.41) is 0. The summed E-state index contributed by atoms with van der Waals surface area (Å²) in [5.41, 5.74) is 3.67. The average molecular weight is 277 g/mol. The van der Waals surface area contributed by atoms with Gasteiger partial charge in [-0.05, 0) is 37.3 Å². The minimum atomic E-state index is 0.495. The van der Waals surface area contributed by atoms with Crippen LogP contribution in [0.3, 0.4) is 0 Å². The fourth-order valence-corrected chi connectivity index (χ4v) is 3.24. The van der Waals surface area contributed by atoms with Gasteiger partial charge in [0.25, 0.3) is 0 Å². The molecule has 0 aliphatic heterocycles. The third kappa shape index (κ3) is 2.38. The molecule has 2 aromatic rings. The maximum absolute atomic E-state index is 6.13. The number of halogens is 1. The Bertz CT molecular complexity index is 584. The third-order valence-corrected chi connectivity index (χ3v) is 4.48. The Balaban J connectivity index is 2.12. The SMILES string of the molecule is CCC(CC1CC1)n1c(CCl)nc2cccc(C)c21. The lowest BCUT2D eigenvalue weighted by molar-refractivity contribution is 0.429. The van der Waals surface area contributed by atoms with Crippen LogP contribution in [0.4, 0.5) is 0 Å². The Morgan fingerprint density at radius 1 is 1.42 bits per heavy atom. The molecule has 1 aromatic heterocycles. The van der Waals surface area contributed by atoms with Gasteiger partial charge in [-0.15, -0.1) is 11.6 Å². The summed E-state index contributed by atoms with van der Waals surface area (Å²) in [5.74, 6) is 2.45. The molecule has 19 heavy (non-hydrogen) atoms. The van der Waals surface area contributed by atoms with Gasteiger partial charge < -0.3 is 4.57 Å². The highest BCUT2D eigenvalue weighted by molar-refractivity contribution is 6.16. The number of aryl methyl sites for hydroxylation is 1. The van der Waals surface area contributed by atoms with Gasteiger partial charge in [0.15, 0.2) is 0 Å². The van der Waals surface area contributed by atoms with Crippen molar-refractivity contribution < 1.29 is 0 Å². The van der Waals surface area contributed by atoms with Crippen molar-refractivity contribution in [1.29, 1.82) is 0 Å². The van der Waals surface area contributed by atoms with Crippen LogP contribution in [-0.2, 0) is 5.88 Å². The van der Waals surface area contributed by atoms with E-state index in [2.05, 4.69) is 36.6 Å². The van der Waals surface area contributed by atoms with Gasteiger partial charge in [-0.25, -0.2) is 4.98 Å². The smallest absolute Gasteiger partial charge is 0.125 e. The van der Waals surface area contributed by atoms with Crippen molar-refractivity contribution in [3.05, 3.63) is 29.6 Å². The number of alkyl halides is 1. The molecule has 3 heteroatoms. The van der Waals surface area contributed by atoms with Crippen LogP contribution in [0.5, 0.6) is 0 Å². The lowest BCUT2D eigenvalue weighted by Crippen LogP contribution is -2.12. The number of hydrogen-bond acceptors (Lipinski definition) is 1. The third-order valence-electron chi connectivity index (χ3n) is 4.24. The van der Waals surface area contributed by atoms with Gasteiger partial charge in [-0.2, -0.15) is 0 Å². The van der Waals surface area contributed by atoms with E-state index in [0.29, 0.717) is 11.9 Å². The molecule has 0 bridgehead atoms. The molecule has 1 unspecified atom stereocenters. The summed E-state index contributed by atoms with van der Waals surface area (Å²) < 4.78 is 2.41. The Hall–Kier alpha value is -1.02. The molecule has 1 saturated carbocycles. The van der Waals surface area contributed by atoms with Gasteiger partial charge in [-0.3, -0.25) is 0 Å². The molecule has 1 aromatic carbocycles. The minimum Gasteiger partial charge on any atom is -0.324 e. The molecule has 3 rings (SSSR count). The number of fused-ring (bicyclic) bond motifs is 1. The first-order chi connectivity index (χ1) is 9.24. The molecule has 0 saturated heterocycles. The van der Waals surface area contributed by atoms with E-state index in [4.69, 9.17) is 16.6 Å². The molecule has 0 radical (unpaired) electrons. The number of imidazole rings is 1. The lowest BCUT2D eigenvalue weighted by Gasteiger charge is -2.20. The van der Waals surface area contributed by atoms with Crippen LogP contribution in [0, 0.1) is 12.8 Å². The molecule has 1 atom stereocenters. The van der Waals surface area contributed by atoms with E-state index in [1.165, 1.54) is 30.3 Å². The molecule has 0 amide bonds. The van der Waals surface area contributed by atoms with Gasteiger partial charge in [0.05, 0.1) is 16.9 Å². The molecule has 0 spiro atoms. The monoisotopic (exact) mass is 276 g/mol. The van der Waals surface area contributed by atoms with E-state index in [1.54, 1.807) is 0 Å². The van der Waals surface area contributed by atoms with Crippen LogP contribution < -0.4 is 0 Å². The number of hydrogen-bond donors (Lipinski definition) is 0. The summed E-state index contributed by atoms with van der Waals surface area (Å²) in [6.07, 6.45) is 5.23. The Morgan fingerprint density at radius 3 is 2.84 bits per heavy atom. The van der Waals surface area contributed by atoms with Gasteiger partial charge >= 0.3 is 0 Å². The van der Waals surface area contributed by atoms with Gasteiger partial charge in [0.2, 0.25) is 0 Å². The molecule has 1 aliphatic carbocycles. The molecule has 102 valence electrons. The van der Waals surface area contributed by atoms with Crippen molar-refractivity contribution >= 4 is 22.6 Å². The maximum atomic E-state index is 6.13. The van der Waals surface area contributed by atoms with E-state index in [-0.39, 0.29) is 0 Å². The summed E-state index contributed by atoms with van der Waals surface area (Å²) in [6.45, 7) is 4.44. The quantitative estimate of drug-likeness (QED) is 0.715. The van der Waals surface area contributed by atoms with Crippen LogP contribution >= 0.6 is 11.6 Å². The van der Waals surface area contributed by atoms with Crippen LogP contribution in [0.25, 0.3) is 11.0 Å². The first-order valence-corrected chi connectivity index (χ1v) is 7.80. The molecule has 1 fully saturated rings. The Kier molecular flexibility index (Phi) is 3.53. The minimum absolute atomic E-state index is 0.495. The number of para-hydroxylation sites is 1. The van der Waals surface area contributed by atoms with E-state index < -0.39 is 0 Å².